The van der Waals surface area contributed by atoms with E-state index < -0.39 is 28.1 Å². The summed E-state index contributed by atoms with van der Waals surface area (Å²) in [6, 6.07) is 10.8. The summed E-state index contributed by atoms with van der Waals surface area (Å²) >= 11 is 0. The lowest BCUT2D eigenvalue weighted by molar-refractivity contribution is -0.106. The Hall–Kier alpha value is -4.32. The minimum absolute atomic E-state index is 0.00885. The van der Waals surface area contributed by atoms with E-state index in [1.54, 1.807) is 36.1 Å². The summed E-state index contributed by atoms with van der Waals surface area (Å²) in [6.45, 7) is 7.92. The molecule has 0 spiro atoms. The highest BCUT2D eigenvalue weighted by Crippen LogP contribution is 2.35. The molecule has 224 valence electrons. The van der Waals surface area contributed by atoms with Gasteiger partial charge in [-0.3, -0.25) is 32.9 Å². The Kier molecular flexibility index (Phi) is 10.8. The molecule has 42 heavy (non-hydrogen) atoms. The predicted octanol–water partition coefficient (Wildman–Crippen LogP) is 3.77. The molecule has 3 amide bonds. The molecule has 2 heterocycles. The molecular formula is C30H36FN5O5S. The van der Waals surface area contributed by atoms with Gasteiger partial charge >= 0.3 is 0 Å². The molecule has 1 aliphatic rings. The summed E-state index contributed by atoms with van der Waals surface area (Å²) in [5.74, 6) is -0.722. The smallest absolute Gasteiger partial charge is 0.256 e. The van der Waals surface area contributed by atoms with Crippen LogP contribution < -0.4 is 21.1 Å². The molecule has 1 aromatic heterocycles. The number of carbonyl (C=O) groups is 3. The number of halogens is 1. The van der Waals surface area contributed by atoms with Crippen molar-refractivity contribution < 1.29 is 23.0 Å². The molecule has 0 unspecified atom stereocenters. The van der Waals surface area contributed by atoms with Crippen LogP contribution in [-0.2, 0) is 22.6 Å². The van der Waals surface area contributed by atoms with Gasteiger partial charge < -0.3 is 15.5 Å². The molecule has 2 aromatic carbocycles. The molecule has 3 aromatic rings. The lowest BCUT2D eigenvalue weighted by Gasteiger charge is -2.28. The van der Waals surface area contributed by atoms with Crippen molar-refractivity contribution in [1.29, 1.82) is 0 Å². The summed E-state index contributed by atoms with van der Waals surface area (Å²) in [7, 11) is 1.89. The maximum Gasteiger partial charge on any atom is 0.256 e. The lowest BCUT2D eigenvalue weighted by Crippen LogP contribution is -2.41. The average Bonchev–Trinajstić information content (AvgIpc) is 3.00. The van der Waals surface area contributed by atoms with E-state index in [9.17, 15) is 27.8 Å². The summed E-state index contributed by atoms with van der Waals surface area (Å²) in [5, 5.41) is 5.40. The number of carbonyl (C=O) groups excluding carboxylic acids is 3. The molecule has 4 rings (SSSR count). The highest BCUT2D eigenvalue weighted by Gasteiger charge is 2.29. The second-order valence-corrected chi connectivity index (χ2v) is 11.1. The van der Waals surface area contributed by atoms with Gasteiger partial charge in [0.2, 0.25) is 6.41 Å². The molecule has 0 atom stereocenters. The van der Waals surface area contributed by atoms with Gasteiger partial charge in [0.15, 0.2) is 0 Å². The Balaban J connectivity index is 0.00000237. The maximum absolute atomic E-state index is 14.8. The van der Waals surface area contributed by atoms with E-state index in [-0.39, 0.29) is 39.9 Å². The van der Waals surface area contributed by atoms with Crippen molar-refractivity contribution >= 4 is 51.9 Å². The van der Waals surface area contributed by atoms with Crippen LogP contribution in [-0.4, -0.2) is 63.5 Å². The lowest BCUT2D eigenvalue weighted by atomic mass is 10.1. The first-order valence-corrected chi connectivity index (χ1v) is 15.0. The summed E-state index contributed by atoms with van der Waals surface area (Å²) in [4.78, 5) is 55.1. The van der Waals surface area contributed by atoms with E-state index in [1.165, 1.54) is 43.8 Å². The minimum Gasteiger partial charge on any atom is -0.355 e. The number of anilines is 4. The SMILES string of the molecule is CC.CNC(=O)c1c(N(C=O)c2cccc(C(=O)N3CCS(=O)CC3)c2)c(C)c(=O)n(C)c1Nc1ccc(C)cc1F. The largest absolute Gasteiger partial charge is 0.355 e. The van der Waals surface area contributed by atoms with Crippen LogP contribution in [0, 0.1) is 19.7 Å². The number of benzene rings is 2. The predicted molar refractivity (Wildman–Crippen MR) is 164 cm³/mol. The number of hydrogen-bond acceptors (Lipinski definition) is 6. The molecule has 0 saturated carbocycles. The highest BCUT2D eigenvalue weighted by molar-refractivity contribution is 7.85. The van der Waals surface area contributed by atoms with Crippen LogP contribution in [0.1, 0.15) is 45.7 Å². The first-order valence-electron chi connectivity index (χ1n) is 13.5. The Morgan fingerprint density at radius 2 is 1.74 bits per heavy atom. The van der Waals surface area contributed by atoms with E-state index in [1.807, 2.05) is 13.8 Å². The zero-order chi connectivity index (χ0) is 31.1. The van der Waals surface area contributed by atoms with Crippen molar-refractivity contribution in [2.75, 3.05) is 41.9 Å². The van der Waals surface area contributed by atoms with Crippen molar-refractivity contribution in [3.63, 3.8) is 0 Å². The maximum atomic E-state index is 14.8. The Labute approximate surface area is 247 Å². The topological polar surface area (TPSA) is 121 Å². The van der Waals surface area contributed by atoms with Gasteiger partial charge in [0.25, 0.3) is 17.4 Å². The monoisotopic (exact) mass is 597 g/mol. The van der Waals surface area contributed by atoms with Crippen LogP contribution >= 0.6 is 0 Å². The van der Waals surface area contributed by atoms with Gasteiger partial charge in [-0.2, -0.15) is 0 Å². The van der Waals surface area contributed by atoms with Crippen molar-refractivity contribution in [3.05, 3.63) is 80.9 Å². The molecule has 0 radical (unpaired) electrons. The van der Waals surface area contributed by atoms with Gasteiger partial charge in [-0.05, 0) is 49.7 Å². The number of hydrogen-bond donors (Lipinski definition) is 2. The minimum atomic E-state index is -0.954. The van der Waals surface area contributed by atoms with Crippen LogP contribution in [0.15, 0.2) is 47.3 Å². The molecule has 1 saturated heterocycles. The second-order valence-electron chi connectivity index (χ2n) is 9.41. The number of nitrogens with zero attached hydrogens (tertiary/aromatic N) is 3. The number of aryl methyl sites for hydroxylation is 1. The average molecular weight is 598 g/mol. The third kappa shape index (κ3) is 6.59. The Morgan fingerprint density at radius 3 is 2.33 bits per heavy atom. The standard InChI is InChI=1S/C28H30FN5O5S.C2H6/c1-17-8-9-22(21(29)14-17)31-25-23(26(36)30-3)24(18(2)27(37)32(25)4)34(16-35)20-7-5-6-19(15-20)28(38)33-10-12-40(39)13-11-33;1-2/h5-9,14-16,31H,10-13H2,1-4H3,(H,30,36);1-2H3. The molecule has 1 fully saturated rings. The number of rotatable bonds is 7. The first kappa shape index (κ1) is 32.2. The van der Waals surface area contributed by atoms with E-state index >= 15 is 0 Å². The van der Waals surface area contributed by atoms with E-state index in [4.69, 9.17) is 0 Å². The number of amides is 3. The number of nitrogens with one attached hydrogen (secondary N) is 2. The van der Waals surface area contributed by atoms with Gasteiger partial charge in [0, 0.05) is 66.3 Å². The van der Waals surface area contributed by atoms with Crippen LogP contribution in [0.25, 0.3) is 0 Å². The molecule has 1 aliphatic heterocycles. The Morgan fingerprint density at radius 1 is 1.07 bits per heavy atom. The summed E-state index contributed by atoms with van der Waals surface area (Å²) < 4.78 is 27.7. The zero-order valence-corrected chi connectivity index (χ0v) is 25.4. The fourth-order valence-corrected chi connectivity index (χ4v) is 5.67. The summed E-state index contributed by atoms with van der Waals surface area (Å²) in [5.41, 5.74) is 0.766. The fourth-order valence-electron chi connectivity index (χ4n) is 4.61. The van der Waals surface area contributed by atoms with Crippen molar-refractivity contribution in [2.45, 2.75) is 27.7 Å². The van der Waals surface area contributed by atoms with Crippen LogP contribution in [0.2, 0.25) is 0 Å². The van der Waals surface area contributed by atoms with Crippen molar-refractivity contribution in [3.8, 4) is 0 Å². The molecule has 2 N–H and O–H groups in total. The molecular weight excluding hydrogens is 561 g/mol. The normalized spacial score (nSPS) is 13.1. The molecule has 0 aliphatic carbocycles. The van der Waals surface area contributed by atoms with Gasteiger partial charge in [-0.15, -0.1) is 0 Å². The van der Waals surface area contributed by atoms with Gasteiger partial charge in [0.05, 0.1) is 11.4 Å². The fraction of sp³-hybridized carbons (Fsp3) is 0.333. The quantitative estimate of drug-likeness (QED) is 0.400. The van der Waals surface area contributed by atoms with Gasteiger partial charge in [0.1, 0.15) is 17.2 Å². The third-order valence-corrected chi connectivity index (χ3v) is 8.08. The molecule has 10 nitrogen and oxygen atoms in total. The zero-order valence-electron chi connectivity index (χ0n) is 24.6. The number of aromatic nitrogens is 1. The van der Waals surface area contributed by atoms with Gasteiger partial charge in [-0.25, -0.2) is 4.39 Å². The van der Waals surface area contributed by atoms with Crippen LogP contribution in [0.5, 0.6) is 0 Å². The Bertz CT molecular complexity index is 1580. The third-order valence-electron chi connectivity index (χ3n) is 6.80. The van der Waals surface area contributed by atoms with Crippen molar-refractivity contribution in [1.82, 2.24) is 14.8 Å². The van der Waals surface area contributed by atoms with E-state index in [0.29, 0.717) is 42.1 Å². The second kappa shape index (κ2) is 14.0. The molecule has 12 heteroatoms. The van der Waals surface area contributed by atoms with E-state index in [2.05, 4.69) is 10.6 Å². The molecule has 0 bridgehead atoms. The van der Waals surface area contributed by atoms with Crippen LogP contribution in [0.3, 0.4) is 0 Å². The number of pyridine rings is 1. The van der Waals surface area contributed by atoms with E-state index in [0.717, 1.165) is 4.90 Å². The van der Waals surface area contributed by atoms with Gasteiger partial charge in [-0.1, -0.05) is 26.0 Å². The van der Waals surface area contributed by atoms with Crippen molar-refractivity contribution in [2.24, 2.45) is 7.05 Å². The first-order chi connectivity index (χ1) is 20.1. The van der Waals surface area contributed by atoms with Crippen LogP contribution in [0.4, 0.5) is 27.3 Å². The summed E-state index contributed by atoms with van der Waals surface area (Å²) in [6.07, 6.45) is 0.456. The highest BCUT2D eigenvalue weighted by atomic mass is 32.2.